The van der Waals surface area contributed by atoms with Crippen molar-refractivity contribution in [3.8, 4) is 0 Å². The standard InChI is InChI=1S/C16H15NO4S/c18-11(9-21-10-12-4-3-7-22-12)8-17-15(19)13-5-1-2-6-14(13)16(17)20/h1-7,11,18H,8-10H2/t11-/m1/s1. The van der Waals surface area contributed by atoms with E-state index in [1.165, 1.54) is 0 Å². The van der Waals surface area contributed by atoms with Crippen LogP contribution < -0.4 is 0 Å². The second-order valence-corrected chi connectivity index (χ2v) is 6.05. The van der Waals surface area contributed by atoms with Gasteiger partial charge in [-0.25, -0.2) is 0 Å². The summed E-state index contributed by atoms with van der Waals surface area (Å²) >= 11 is 1.57. The number of amides is 2. The average molecular weight is 317 g/mol. The summed E-state index contributed by atoms with van der Waals surface area (Å²) in [6.07, 6.45) is -0.901. The number of carbonyl (C=O) groups is 2. The maximum atomic E-state index is 12.2. The van der Waals surface area contributed by atoms with Crippen molar-refractivity contribution in [1.29, 1.82) is 0 Å². The molecule has 0 saturated heterocycles. The molecule has 0 bridgehead atoms. The van der Waals surface area contributed by atoms with Crippen LogP contribution in [0.1, 0.15) is 25.6 Å². The Labute approximate surface area is 131 Å². The van der Waals surface area contributed by atoms with Crippen LogP contribution in [0.25, 0.3) is 0 Å². The van der Waals surface area contributed by atoms with Gasteiger partial charge in [-0.3, -0.25) is 14.5 Å². The molecule has 0 spiro atoms. The lowest BCUT2D eigenvalue weighted by atomic mass is 10.1. The second-order valence-electron chi connectivity index (χ2n) is 5.01. The van der Waals surface area contributed by atoms with Gasteiger partial charge in [0.05, 0.1) is 37.0 Å². The summed E-state index contributed by atoms with van der Waals surface area (Å²) in [6.45, 7) is 0.430. The topological polar surface area (TPSA) is 66.8 Å². The smallest absolute Gasteiger partial charge is 0.261 e. The monoisotopic (exact) mass is 317 g/mol. The fourth-order valence-corrected chi connectivity index (χ4v) is 3.00. The Bertz CT molecular complexity index is 648. The average Bonchev–Trinajstić information content (AvgIpc) is 3.11. The van der Waals surface area contributed by atoms with Crippen LogP contribution >= 0.6 is 11.3 Å². The maximum Gasteiger partial charge on any atom is 0.261 e. The Morgan fingerprint density at radius 3 is 2.36 bits per heavy atom. The summed E-state index contributed by atoms with van der Waals surface area (Å²) in [5, 5.41) is 11.9. The molecule has 1 N–H and O–H groups in total. The molecule has 0 aliphatic carbocycles. The van der Waals surface area contributed by atoms with Crippen LogP contribution in [0.3, 0.4) is 0 Å². The molecule has 0 unspecified atom stereocenters. The highest BCUT2D eigenvalue weighted by Crippen LogP contribution is 2.22. The first-order valence-electron chi connectivity index (χ1n) is 6.90. The molecular weight excluding hydrogens is 302 g/mol. The zero-order chi connectivity index (χ0) is 15.5. The number of thiophene rings is 1. The molecule has 2 heterocycles. The van der Waals surface area contributed by atoms with Gasteiger partial charge in [0.1, 0.15) is 0 Å². The third kappa shape index (κ3) is 2.94. The summed E-state index contributed by atoms with van der Waals surface area (Å²) in [5.74, 6) is -0.726. The minimum atomic E-state index is -0.901. The van der Waals surface area contributed by atoms with E-state index >= 15 is 0 Å². The van der Waals surface area contributed by atoms with Crippen LogP contribution in [0, 0.1) is 0 Å². The lowest BCUT2D eigenvalue weighted by Crippen LogP contribution is -2.38. The van der Waals surface area contributed by atoms with Crippen molar-refractivity contribution in [1.82, 2.24) is 4.90 Å². The summed E-state index contributed by atoms with van der Waals surface area (Å²) in [4.78, 5) is 26.5. The minimum absolute atomic E-state index is 0.0587. The van der Waals surface area contributed by atoms with E-state index < -0.39 is 6.10 Å². The molecule has 114 valence electrons. The van der Waals surface area contributed by atoms with Gasteiger partial charge in [0.25, 0.3) is 11.8 Å². The number of imide groups is 1. The molecule has 5 nitrogen and oxygen atoms in total. The molecule has 6 heteroatoms. The van der Waals surface area contributed by atoms with E-state index in [2.05, 4.69) is 0 Å². The van der Waals surface area contributed by atoms with Crippen LogP contribution in [0.5, 0.6) is 0 Å². The molecule has 1 aliphatic heterocycles. The Kier molecular flexibility index (Phi) is 4.33. The number of nitrogens with zero attached hydrogens (tertiary/aromatic N) is 1. The van der Waals surface area contributed by atoms with Gasteiger partial charge in [-0.2, -0.15) is 0 Å². The minimum Gasteiger partial charge on any atom is -0.389 e. The van der Waals surface area contributed by atoms with Crippen molar-refractivity contribution in [2.75, 3.05) is 13.2 Å². The zero-order valence-electron chi connectivity index (χ0n) is 11.8. The number of fused-ring (bicyclic) bond motifs is 1. The third-order valence-electron chi connectivity index (χ3n) is 3.41. The number of benzene rings is 1. The fourth-order valence-electron chi connectivity index (χ4n) is 2.36. The Balaban J connectivity index is 1.55. The number of hydrogen-bond acceptors (Lipinski definition) is 5. The van der Waals surface area contributed by atoms with Crippen molar-refractivity contribution in [3.63, 3.8) is 0 Å². The zero-order valence-corrected chi connectivity index (χ0v) is 12.6. The van der Waals surface area contributed by atoms with Crippen LogP contribution in [0.2, 0.25) is 0 Å². The number of aliphatic hydroxyl groups excluding tert-OH is 1. The normalized spacial score (nSPS) is 15.2. The third-order valence-corrected chi connectivity index (χ3v) is 4.26. The Hall–Kier alpha value is -2.02. The molecule has 0 fully saturated rings. The van der Waals surface area contributed by atoms with Gasteiger partial charge in [-0.15, -0.1) is 11.3 Å². The number of β-amino-alcohol motifs (C(OH)–C–C–N with tert-alkyl or cyclic N) is 1. The summed E-state index contributed by atoms with van der Waals surface area (Å²) in [5.41, 5.74) is 0.776. The lowest BCUT2D eigenvalue weighted by molar-refractivity contribution is 0.0126. The van der Waals surface area contributed by atoms with E-state index in [4.69, 9.17) is 4.74 Å². The number of hydrogen-bond donors (Lipinski definition) is 1. The van der Waals surface area contributed by atoms with Gasteiger partial charge in [0, 0.05) is 4.88 Å². The maximum absolute atomic E-state index is 12.2. The molecule has 0 saturated carbocycles. The van der Waals surface area contributed by atoms with E-state index in [0.29, 0.717) is 17.7 Å². The lowest BCUT2D eigenvalue weighted by Gasteiger charge is -2.18. The predicted molar refractivity (Wildman–Crippen MR) is 81.8 cm³/mol. The molecule has 2 amide bonds. The molecule has 1 atom stereocenters. The van der Waals surface area contributed by atoms with Gasteiger partial charge in [0.15, 0.2) is 0 Å². The van der Waals surface area contributed by atoms with Crippen molar-refractivity contribution in [2.45, 2.75) is 12.7 Å². The van der Waals surface area contributed by atoms with Gasteiger partial charge in [-0.05, 0) is 23.6 Å². The molecule has 22 heavy (non-hydrogen) atoms. The van der Waals surface area contributed by atoms with Gasteiger partial charge in [0.2, 0.25) is 0 Å². The van der Waals surface area contributed by atoms with E-state index in [-0.39, 0.29) is 25.0 Å². The molecule has 3 rings (SSSR count). The Morgan fingerprint density at radius 2 is 1.77 bits per heavy atom. The predicted octanol–water partition coefficient (Wildman–Crippen LogP) is 1.92. The highest BCUT2D eigenvalue weighted by molar-refractivity contribution is 7.09. The number of ether oxygens (including phenoxy) is 1. The van der Waals surface area contributed by atoms with Crippen molar-refractivity contribution in [2.24, 2.45) is 0 Å². The van der Waals surface area contributed by atoms with Crippen LogP contribution in [-0.4, -0.2) is 41.1 Å². The first-order chi connectivity index (χ1) is 10.7. The van der Waals surface area contributed by atoms with Crippen molar-refractivity contribution >= 4 is 23.2 Å². The number of aliphatic hydroxyl groups is 1. The molecule has 1 aromatic heterocycles. The van der Waals surface area contributed by atoms with Crippen molar-refractivity contribution < 1.29 is 19.4 Å². The van der Waals surface area contributed by atoms with E-state index in [0.717, 1.165) is 9.78 Å². The second kappa shape index (κ2) is 6.39. The Morgan fingerprint density at radius 1 is 1.09 bits per heavy atom. The summed E-state index contributed by atoms with van der Waals surface area (Å²) in [6, 6.07) is 10.5. The number of rotatable bonds is 6. The van der Waals surface area contributed by atoms with Gasteiger partial charge >= 0.3 is 0 Å². The highest BCUT2D eigenvalue weighted by Gasteiger charge is 2.35. The summed E-state index contributed by atoms with van der Waals surface area (Å²) in [7, 11) is 0. The summed E-state index contributed by atoms with van der Waals surface area (Å²) < 4.78 is 5.41. The van der Waals surface area contributed by atoms with Crippen LogP contribution in [-0.2, 0) is 11.3 Å². The van der Waals surface area contributed by atoms with Crippen LogP contribution in [0.4, 0.5) is 0 Å². The molecule has 2 aromatic rings. The first-order valence-corrected chi connectivity index (χ1v) is 7.78. The molecular formula is C16H15NO4S. The fraction of sp³-hybridized carbons (Fsp3) is 0.250. The molecule has 1 aromatic carbocycles. The number of carbonyl (C=O) groups excluding carboxylic acids is 2. The molecule has 1 aliphatic rings. The van der Waals surface area contributed by atoms with Crippen LogP contribution in [0.15, 0.2) is 41.8 Å². The van der Waals surface area contributed by atoms with E-state index in [1.807, 2.05) is 17.5 Å². The van der Waals surface area contributed by atoms with E-state index in [9.17, 15) is 14.7 Å². The molecule has 0 radical (unpaired) electrons. The largest absolute Gasteiger partial charge is 0.389 e. The quantitative estimate of drug-likeness (QED) is 0.827. The highest BCUT2D eigenvalue weighted by atomic mass is 32.1. The first kappa shape index (κ1) is 14.9. The SMILES string of the molecule is O=C1c2ccccc2C(=O)N1C[C@@H](O)COCc1cccs1. The van der Waals surface area contributed by atoms with Gasteiger partial charge in [-0.1, -0.05) is 18.2 Å². The van der Waals surface area contributed by atoms with E-state index in [1.54, 1.807) is 35.6 Å². The van der Waals surface area contributed by atoms with Crippen molar-refractivity contribution in [3.05, 3.63) is 57.8 Å². The van der Waals surface area contributed by atoms with Gasteiger partial charge < -0.3 is 9.84 Å².